The molecule has 1 aliphatic rings. The fourth-order valence-corrected chi connectivity index (χ4v) is 3.70. The Morgan fingerprint density at radius 2 is 2.03 bits per heavy atom. The third-order valence-corrected chi connectivity index (χ3v) is 5.18. The van der Waals surface area contributed by atoms with Crippen LogP contribution in [0.1, 0.15) is 6.42 Å². The maximum absolute atomic E-state index is 13.1. The van der Waals surface area contributed by atoms with Gasteiger partial charge in [0.1, 0.15) is 11.3 Å². The number of non-ortho nitro benzene ring substituents is 1. The summed E-state index contributed by atoms with van der Waals surface area (Å²) in [6.45, 7) is 4.85. The van der Waals surface area contributed by atoms with Gasteiger partial charge in [-0.3, -0.25) is 19.8 Å². The first-order valence-corrected chi connectivity index (χ1v) is 9.54. The minimum atomic E-state index is -0.507. The molecule has 0 saturated carbocycles. The summed E-state index contributed by atoms with van der Waals surface area (Å²) in [6, 6.07) is 7.31. The fraction of sp³-hybridized carbons (Fsp3) is 0.350. The number of nitrogens with zero attached hydrogens (tertiary/aromatic N) is 2. The average Bonchev–Trinajstić information content (AvgIpc) is 2.72. The van der Waals surface area contributed by atoms with Gasteiger partial charge in [0.15, 0.2) is 5.43 Å². The highest BCUT2D eigenvalue weighted by molar-refractivity contribution is 6.03. The Kier molecular flexibility index (Phi) is 5.32. The molecular formula is C20H22N4O5. The lowest BCUT2D eigenvalue weighted by Gasteiger charge is -2.26. The van der Waals surface area contributed by atoms with E-state index in [1.54, 1.807) is 6.07 Å². The van der Waals surface area contributed by atoms with Crippen molar-refractivity contribution in [3.05, 3.63) is 50.7 Å². The maximum atomic E-state index is 13.1. The van der Waals surface area contributed by atoms with Gasteiger partial charge in [0.25, 0.3) is 5.69 Å². The van der Waals surface area contributed by atoms with Gasteiger partial charge in [-0.25, -0.2) is 0 Å². The molecule has 0 spiro atoms. The maximum Gasteiger partial charge on any atom is 0.293 e. The Hall–Kier alpha value is -3.17. The van der Waals surface area contributed by atoms with Crippen molar-refractivity contribution >= 4 is 33.2 Å². The van der Waals surface area contributed by atoms with E-state index in [2.05, 4.69) is 15.2 Å². The molecule has 0 bridgehead atoms. The van der Waals surface area contributed by atoms with Crippen LogP contribution in [0.5, 0.6) is 5.75 Å². The van der Waals surface area contributed by atoms with Crippen molar-refractivity contribution < 1.29 is 14.8 Å². The van der Waals surface area contributed by atoms with Gasteiger partial charge in [0.05, 0.1) is 29.0 Å². The minimum Gasteiger partial charge on any atom is -0.508 e. The van der Waals surface area contributed by atoms with E-state index >= 15 is 0 Å². The molecule has 9 heteroatoms. The predicted molar refractivity (Wildman–Crippen MR) is 111 cm³/mol. The minimum absolute atomic E-state index is 0.0344. The third kappa shape index (κ3) is 3.87. The van der Waals surface area contributed by atoms with Crippen molar-refractivity contribution in [1.29, 1.82) is 0 Å². The standard InChI is InChI=1S/C20H22N4O5/c25-13-2-3-15-14(12-13)20(26)18-16(4-5-17(24(27)28)19(18)22-15)21-6-1-7-23-8-10-29-11-9-23/h2-5,12,21,25H,1,6-11H2,(H,22,26). The van der Waals surface area contributed by atoms with E-state index in [1.807, 2.05) is 0 Å². The third-order valence-electron chi connectivity index (χ3n) is 5.18. The topological polar surface area (TPSA) is 121 Å². The molecule has 0 radical (unpaired) electrons. The number of nitrogens with one attached hydrogen (secondary N) is 2. The molecule has 0 aliphatic carbocycles. The van der Waals surface area contributed by atoms with Crippen molar-refractivity contribution in [2.75, 3.05) is 44.7 Å². The van der Waals surface area contributed by atoms with Gasteiger partial charge in [-0.2, -0.15) is 0 Å². The average molecular weight is 398 g/mol. The Balaban J connectivity index is 1.67. The second kappa shape index (κ2) is 8.06. The summed E-state index contributed by atoms with van der Waals surface area (Å²) in [7, 11) is 0. The number of aromatic hydroxyl groups is 1. The Labute approximate surface area is 166 Å². The molecule has 2 aromatic carbocycles. The van der Waals surface area contributed by atoms with E-state index in [1.165, 1.54) is 24.3 Å². The summed E-state index contributed by atoms with van der Waals surface area (Å²) in [5.74, 6) is -0.0344. The van der Waals surface area contributed by atoms with Crippen LogP contribution in [-0.4, -0.2) is 59.3 Å². The zero-order valence-corrected chi connectivity index (χ0v) is 15.8. The number of H-pyrrole nitrogens is 1. The summed E-state index contributed by atoms with van der Waals surface area (Å²) < 4.78 is 5.34. The summed E-state index contributed by atoms with van der Waals surface area (Å²) in [6.07, 6.45) is 0.866. The lowest BCUT2D eigenvalue weighted by Crippen LogP contribution is -2.37. The summed E-state index contributed by atoms with van der Waals surface area (Å²) in [5.41, 5.74) is 0.637. The van der Waals surface area contributed by atoms with Gasteiger partial charge in [-0.1, -0.05) is 0 Å². The number of ether oxygens (including phenoxy) is 1. The van der Waals surface area contributed by atoms with E-state index in [0.717, 1.165) is 39.3 Å². The van der Waals surface area contributed by atoms with Crippen molar-refractivity contribution in [2.24, 2.45) is 0 Å². The van der Waals surface area contributed by atoms with Gasteiger partial charge in [0, 0.05) is 36.8 Å². The van der Waals surface area contributed by atoms with Gasteiger partial charge in [-0.15, -0.1) is 0 Å². The molecule has 152 valence electrons. The Morgan fingerprint density at radius 3 is 2.79 bits per heavy atom. The summed E-state index contributed by atoms with van der Waals surface area (Å²) in [4.78, 5) is 29.4. The predicted octanol–water partition coefficient (Wildman–Crippen LogP) is 2.43. The normalized spacial score (nSPS) is 15.0. The van der Waals surface area contributed by atoms with Crippen LogP contribution in [0.2, 0.25) is 0 Å². The number of benzene rings is 2. The molecule has 3 aromatic rings. The lowest BCUT2D eigenvalue weighted by atomic mass is 10.1. The van der Waals surface area contributed by atoms with E-state index in [9.17, 15) is 20.0 Å². The van der Waals surface area contributed by atoms with E-state index < -0.39 is 4.92 Å². The smallest absolute Gasteiger partial charge is 0.293 e. The van der Waals surface area contributed by atoms with Crippen LogP contribution in [-0.2, 0) is 4.74 Å². The number of fused-ring (bicyclic) bond motifs is 2. The fourth-order valence-electron chi connectivity index (χ4n) is 3.70. The van der Waals surface area contributed by atoms with Crippen molar-refractivity contribution in [2.45, 2.75) is 6.42 Å². The number of aromatic nitrogens is 1. The first kappa shape index (κ1) is 19.2. The highest BCUT2D eigenvalue weighted by Crippen LogP contribution is 2.30. The first-order chi connectivity index (χ1) is 14.0. The number of pyridine rings is 1. The van der Waals surface area contributed by atoms with Crippen molar-refractivity contribution in [3.63, 3.8) is 0 Å². The molecule has 2 heterocycles. The highest BCUT2D eigenvalue weighted by atomic mass is 16.6. The number of hydrogen-bond acceptors (Lipinski definition) is 7. The van der Waals surface area contributed by atoms with E-state index in [-0.39, 0.29) is 33.2 Å². The second-order valence-electron chi connectivity index (χ2n) is 7.06. The quantitative estimate of drug-likeness (QED) is 0.252. The molecule has 0 atom stereocenters. The lowest BCUT2D eigenvalue weighted by molar-refractivity contribution is -0.383. The molecule has 0 unspecified atom stereocenters. The van der Waals surface area contributed by atoms with Gasteiger partial charge in [0.2, 0.25) is 0 Å². The number of aromatic amines is 1. The van der Waals surface area contributed by atoms with Crippen LogP contribution in [0.3, 0.4) is 0 Å². The number of anilines is 1. The summed E-state index contributed by atoms with van der Waals surface area (Å²) >= 11 is 0. The molecule has 0 amide bonds. The molecule has 1 aromatic heterocycles. The monoisotopic (exact) mass is 398 g/mol. The zero-order valence-electron chi connectivity index (χ0n) is 15.8. The van der Waals surface area contributed by atoms with Crippen LogP contribution in [0.15, 0.2) is 35.1 Å². The molecule has 3 N–H and O–H groups in total. The van der Waals surface area contributed by atoms with Crippen LogP contribution in [0.25, 0.3) is 21.8 Å². The number of nitro benzene ring substituents is 1. The van der Waals surface area contributed by atoms with E-state index in [4.69, 9.17) is 4.74 Å². The molecule has 29 heavy (non-hydrogen) atoms. The largest absolute Gasteiger partial charge is 0.508 e. The number of nitro groups is 1. The Bertz CT molecular complexity index is 1120. The van der Waals surface area contributed by atoms with Crippen molar-refractivity contribution in [3.8, 4) is 5.75 Å². The molecule has 4 rings (SSSR count). The molecule has 1 fully saturated rings. The van der Waals surface area contributed by atoms with Crippen LogP contribution < -0.4 is 10.7 Å². The number of rotatable bonds is 6. The number of phenolic OH excluding ortho intramolecular Hbond substituents is 1. The Morgan fingerprint density at radius 1 is 1.24 bits per heavy atom. The van der Waals surface area contributed by atoms with Gasteiger partial charge < -0.3 is 20.1 Å². The molecule has 1 saturated heterocycles. The zero-order chi connectivity index (χ0) is 20.4. The highest BCUT2D eigenvalue weighted by Gasteiger charge is 2.19. The number of morpholine rings is 1. The number of hydrogen-bond donors (Lipinski definition) is 3. The van der Waals surface area contributed by atoms with Crippen LogP contribution >= 0.6 is 0 Å². The van der Waals surface area contributed by atoms with E-state index in [0.29, 0.717) is 17.7 Å². The number of phenols is 1. The van der Waals surface area contributed by atoms with Gasteiger partial charge in [-0.05, 0) is 37.2 Å². The second-order valence-corrected chi connectivity index (χ2v) is 7.06. The van der Waals surface area contributed by atoms with Crippen LogP contribution in [0, 0.1) is 10.1 Å². The first-order valence-electron chi connectivity index (χ1n) is 9.54. The van der Waals surface area contributed by atoms with Gasteiger partial charge >= 0.3 is 0 Å². The molecule has 1 aliphatic heterocycles. The van der Waals surface area contributed by atoms with Crippen LogP contribution in [0.4, 0.5) is 11.4 Å². The summed E-state index contributed by atoms with van der Waals surface area (Å²) in [5, 5.41) is 25.0. The van der Waals surface area contributed by atoms with Crippen molar-refractivity contribution in [1.82, 2.24) is 9.88 Å². The molecular weight excluding hydrogens is 376 g/mol. The molecule has 9 nitrogen and oxygen atoms in total. The SMILES string of the molecule is O=c1c2cc(O)ccc2[nH]c2c([N+](=O)[O-])ccc(NCCCN3CCOCC3)c12.